The number of alkyl halides is 2. The molecular weight excluding hydrogens is 328 g/mol. The van der Waals surface area contributed by atoms with E-state index in [1.807, 2.05) is 6.92 Å². The van der Waals surface area contributed by atoms with Crippen LogP contribution in [0.3, 0.4) is 0 Å². The second kappa shape index (κ2) is 9.81. The van der Waals surface area contributed by atoms with Crippen LogP contribution in [0.15, 0.2) is 0 Å². The normalized spacial score (nSPS) is 24.6. The van der Waals surface area contributed by atoms with Crippen molar-refractivity contribution < 1.29 is 23.0 Å². The summed E-state index contributed by atoms with van der Waals surface area (Å²) in [6.45, 7) is 4.44. The van der Waals surface area contributed by atoms with E-state index in [1.165, 1.54) is 39.0 Å². The molecule has 0 aromatic heterocycles. The van der Waals surface area contributed by atoms with E-state index in [1.54, 1.807) is 0 Å². The Labute approximate surface area is 150 Å². The average Bonchev–Trinajstić information content (AvgIpc) is 2.58. The van der Waals surface area contributed by atoms with Gasteiger partial charge in [-0.1, -0.05) is 19.3 Å². The maximum atomic E-state index is 13.2. The molecule has 2 fully saturated rings. The fourth-order valence-corrected chi connectivity index (χ4v) is 3.73. The van der Waals surface area contributed by atoms with Gasteiger partial charge >= 0.3 is 0 Å². The maximum absolute atomic E-state index is 13.2. The molecule has 2 aliphatic rings. The standard InChI is InChI=1S/C19H33F2NO3/c1-14(24-12-16-6-4-3-5-7-16)18(22-15(2)23)13-25-17-8-10-19(20,21)11-9-17/h14,16-18H,3-13H2,1-2H3,(H,22,23). The summed E-state index contributed by atoms with van der Waals surface area (Å²) in [4.78, 5) is 11.5. The van der Waals surface area contributed by atoms with Gasteiger partial charge in [0.15, 0.2) is 0 Å². The van der Waals surface area contributed by atoms with Crippen LogP contribution in [-0.2, 0) is 14.3 Å². The topological polar surface area (TPSA) is 47.6 Å². The van der Waals surface area contributed by atoms with Gasteiger partial charge < -0.3 is 14.8 Å². The van der Waals surface area contributed by atoms with Gasteiger partial charge in [-0.25, -0.2) is 8.78 Å². The van der Waals surface area contributed by atoms with E-state index in [4.69, 9.17) is 9.47 Å². The van der Waals surface area contributed by atoms with Crippen LogP contribution < -0.4 is 5.32 Å². The third-order valence-electron chi connectivity index (χ3n) is 5.45. The minimum absolute atomic E-state index is 0.115. The summed E-state index contributed by atoms with van der Waals surface area (Å²) < 4.78 is 38.3. The van der Waals surface area contributed by atoms with Crippen LogP contribution in [0, 0.1) is 5.92 Å². The van der Waals surface area contributed by atoms with Crippen molar-refractivity contribution >= 4 is 5.91 Å². The van der Waals surface area contributed by atoms with Crippen molar-refractivity contribution in [3.63, 3.8) is 0 Å². The molecule has 0 saturated heterocycles. The number of carbonyl (C=O) groups is 1. The van der Waals surface area contributed by atoms with Crippen molar-refractivity contribution in [1.29, 1.82) is 0 Å². The molecule has 146 valence electrons. The molecule has 25 heavy (non-hydrogen) atoms. The Kier molecular flexibility index (Phi) is 8.07. The Bertz CT molecular complexity index is 403. The van der Waals surface area contributed by atoms with Gasteiger partial charge in [0.05, 0.1) is 24.9 Å². The molecule has 2 aliphatic carbocycles. The number of amides is 1. The summed E-state index contributed by atoms with van der Waals surface area (Å²) in [5, 5.41) is 2.89. The zero-order valence-electron chi connectivity index (χ0n) is 15.6. The number of rotatable bonds is 8. The molecule has 0 bridgehead atoms. The highest BCUT2D eigenvalue weighted by Crippen LogP contribution is 2.34. The lowest BCUT2D eigenvalue weighted by Gasteiger charge is -2.32. The highest BCUT2D eigenvalue weighted by molar-refractivity contribution is 5.73. The summed E-state index contributed by atoms with van der Waals surface area (Å²) in [6.07, 6.45) is 6.49. The molecule has 0 spiro atoms. The lowest BCUT2D eigenvalue weighted by atomic mass is 9.90. The molecule has 0 aliphatic heterocycles. The smallest absolute Gasteiger partial charge is 0.248 e. The van der Waals surface area contributed by atoms with E-state index in [-0.39, 0.29) is 37.0 Å². The molecule has 2 atom stereocenters. The predicted octanol–water partition coefficient (Wildman–Crippen LogP) is 4.07. The number of hydrogen-bond acceptors (Lipinski definition) is 3. The highest BCUT2D eigenvalue weighted by atomic mass is 19.3. The van der Waals surface area contributed by atoms with E-state index in [2.05, 4.69) is 5.32 Å². The first-order valence-corrected chi connectivity index (χ1v) is 9.74. The number of carbonyl (C=O) groups excluding carboxylic acids is 1. The minimum Gasteiger partial charge on any atom is -0.376 e. The van der Waals surface area contributed by atoms with Crippen LogP contribution in [0.4, 0.5) is 8.78 Å². The van der Waals surface area contributed by atoms with Gasteiger partial charge in [0.25, 0.3) is 0 Å². The Morgan fingerprint density at radius 2 is 1.80 bits per heavy atom. The Hall–Kier alpha value is -0.750. The van der Waals surface area contributed by atoms with Crippen molar-refractivity contribution in [2.45, 2.75) is 95.8 Å². The van der Waals surface area contributed by atoms with Crippen molar-refractivity contribution in [2.24, 2.45) is 5.92 Å². The molecule has 6 heteroatoms. The Morgan fingerprint density at radius 1 is 1.16 bits per heavy atom. The number of halogens is 2. The summed E-state index contributed by atoms with van der Waals surface area (Å²) in [6, 6.07) is -0.247. The quantitative estimate of drug-likeness (QED) is 0.709. The largest absolute Gasteiger partial charge is 0.376 e. The van der Waals surface area contributed by atoms with Gasteiger partial charge in [0.2, 0.25) is 11.8 Å². The fourth-order valence-electron chi connectivity index (χ4n) is 3.73. The number of nitrogens with one attached hydrogen (secondary N) is 1. The molecule has 0 heterocycles. The first kappa shape index (κ1) is 20.6. The Morgan fingerprint density at radius 3 is 2.40 bits per heavy atom. The first-order chi connectivity index (χ1) is 11.9. The summed E-state index contributed by atoms with van der Waals surface area (Å²) in [5.41, 5.74) is 0. The van der Waals surface area contributed by atoms with E-state index >= 15 is 0 Å². The van der Waals surface area contributed by atoms with E-state index in [0.29, 0.717) is 32.0 Å². The van der Waals surface area contributed by atoms with E-state index < -0.39 is 5.92 Å². The van der Waals surface area contributed by atoms with E-state index in [0.717, 1.165) is 0 Å². The fraction of sp³-hybridized carbons (Fsp3) is 0.947. The van der Waals surface area contributed by atoms with Gasteiger partial charge in [-0.05, 0) is 38.5 Å². The predicted molar refractivity (Wildman–Crippen MR) is 92.7 cm³/mol. The van der Waals surface area contributed by atoms with Gasteiger partial charge in [0.1, 0.15) is 0 Å². The van der Waals surface area contributed by atoms with Gasteiger partial charge in [0, 0.05) is 26.4 Å². The summed E-state index contributed by atoms with van der Waals surface area (Å²) in [7, 11) is 0. The summed E-state index contributed by atoms with van der Waals surface area (Å²) in [5.74, 6) is -2.07. The van der Waals surface area contributed by atoms with Gasteiger partial charge in [-0.15, -0.1) is 0 Å². The number of ether oxygens (including phenoxy) is 2. The third-order valence-corrected chi connectivity index (χ3v) is 5.45. The molecular formula is C19H33F2NO3. The number of hydrogen-bond donors (Lipinski definition) is 1. The van der Waals surface area contributed by atoms with Crippen LogP contribution >= 0.6 is 0 Å². The van der Waals surface area contributed by atoms with E-state index in [9.17, 15) is 13.6 Å². The molecule has 2 unspecified atom stereocenters. The average molecular weight is 361 g/mol. The minimum atomic E-state index is -2.55. The second-order valence-corrected chi connectivity index (χ2v) is 7.74. The second-order valence-electron chi connectivity index (χ2n) is 7.74. The molecule has 1 amide bonds. The van der Waals surface area contributed by atoms with Crippen LogP contribution in [-0.4, -0.2) is 43.3 Å². The van der Waals surface area contributed by atoms with Crippen molar-refractivity contribution in [1.82, 2.24) is 5.32 Å². The van der Waals surface area contributed by atoms with Gasteiger partial charge in [-0.2, -0.15) is 0 Å². The van der Waals surface area contributed by atoms with Crippen LogP contribution in [0.5, 0.6) is 0 Å². The molecule has 1 N–H and O–H groups in total. The molecule has 2 saturated carbocycles. The lowest BCUT2D eigenvalue weighted by molar-refractivity contribution is -0.123. The molecule has 4 nitrogen and oxygen atoms in total. The Balaban J connectivity index is 1.75. The van der Waals surface area contributed by atoms with Gasteiger partial charge in [-0.3, -0.25) is 4.79 Å². The molecule has 2 rings (SSSR count). The highest BCUT2D eigenvalue weighted by Gasteiger charge is 2.35. The third kappa shape index (κ3) is 7.57. The van der Waals surface area contributed by atoms with Crippen molar-refractivity contribution in [2.75, 3.05) is 13.2 Å². The van der Waals surface area contributed by atoms with Crippen molar-refractivity contribution in [3.05, 3.63) is 0 Å². The first-order valence-electron chi connectivity index (χ1n) is 9.74. The zero-order valence-corrected chi connectivity index (χ0v) is 15.6. The zero-order chi connectivity index (χ0) is 18.3. The molecule has 0 aromatic rings. The monoisotopic (exact) mass is 361 g/mol. The summed E-state index contributed by atoms with van der Waals surface area (Å²) >= 11 is 0. The lowest BCUT2D eigenvalue weighted by Crippen LogP contribution is -2.47. The van der Waals surface area contributed by atoms with Crippen molar-refractivity contribution in [3.8, 4) is 0 Å². The van der Waals surface area contributed by atoms with Crippen LogP contribution in [0.2, 0.25) is 0 Å². The molecule has 0 radical (unpaired) electrons. The van der Waals surface area contributed by atoms with Crippen LogP contribution in [0.1, 0.15) is 71.6 Å². The van der Waals surface area contributed by atoms with Crippen LogP contribution in [0.25, 0.3) is 0 Å². The maximum Gasteiger partial charge on any atom is 0.248 e. The SMILES string of the molecule is CC(=O)NC(COC1CCC(F)(F)CC1)C(C)OCC1CCCCC1. The molecule has 0 aromatic carbocycles.